The predicted molar refractivity (Wildman–Crippen MR) is 66.5 cm³/mol. The molecule has 0 amide bonds. The Morgan fingerprint density at radius 2 is 1.83 bits per heavy atom. The number of alkyl halides is 3. The van der Waals surface area contributed by atoms with E-state index in [1.165, 1.54) is 0 Å². The van der Waals surface area contributed by atoms with Crippen LogP contribution in [-0.4, -0.2) is 0 Å². The summed E-state index contributed by atoms with van der Waals surface area (Å²) in [5, 5.41) is 0.745. The fourth-order valence-corrected chi connectivity index (χ4v) is 4.07. The van der Waals surface area contributed by atoms with E-state index >= 15 is 0 Å². The Kier molecular flexibility index (Phi) is 4.84. The van der Waals surface area contributed by atoms with Gasteiger partial charge < -0.3 is 17.0 Å². The molecule has 0 radical (unpaired) electrons. The summed E-state index contributed by atoms with van der Waals surface area (Å²) >= 11 is 0. The van der Waals surface area contributed by atoms with Crippen molar-refractivity contribution in [2.45, 2.75) is 32.2 Å². The zero-order valence-corrected chi connectivity index (χ0v) is 12.5. The molecule has 5 heteroatoms. The first kappa shape index (κ1) is 15.5. The first-order valence-electron chi connectivity index (χ1n) is 5.56. The third-order valence-electron chi connectivity index (χ3n) is 2.69. The molecule has 1 aromatic heterocycles. The van der Waals surface area contributed by atoms with Crippen molar-refractivity contribution < 1.29 is 30.2 Å². The van der Waals surface area contributed by atoms with Gasteiger partial charge in [0.1, 0.15) is 0 Å². The fourth-order valence-electron chi connectivity index (χ4n) is 2.03. The monoisotopic (exact) mass is 338 g/mol. The summed E-state index contributed by atoms with van der Waals surface area (Å²) < 4.78 is 39.7. The first-order valence-corrected chi connectivity index (χ1v) is 6.78. The number of halogens is 4. The summed E-state index contributed by atoms with van der Waals surface area (Å²) in [5.41, 5.74) is -3.15. The molecule has 1 heterocycles. The number of thiophene rings is 1. The summed E-state index contributed by atoms with van der Waals surface area (Å²) in [5.74, 6) is 0. The number of benzene rings is 1. The maximum absolute atomic E-state index is 13.1. The lowest BCUT2D eigenvalue weighted by atomic mass is 10.2. The van der Waals surface area contributed by atoms with Crippen molar-refractivity contribution in [2.75, 3.05) is 0 Å². The number of fused-ring (bicyclic) bond motifs is 1. The second-order valence-corrected chi connectivity index (χ2v) is 6.19. The van der Waals surface area contributed by atoms with Crippen LogP contribution in [0.1, 0.15) is 23.8 Å². The van der Waals surface area contributed by atoms with Crippen LogP contribution < -0.4 is 17.0 Å². The molecule has 18 heavy (non-hydrogen) atoms. The van der Waals surface area contributed by atoms with E-state index in [0.29, 0.717) is 16.0 Å². The highest BCUT2D eigenvalue weighted by Gasteiger charge is 2.47. The zero-order valence-electron chi connectivity index (χ0n) is 10.1. The minimum absolute atomic E-state index is 0. The normalized spacial score (nSPS) is 12.6. The smallest absolute Gasteiger partial charge is 0.600 e. The van der Waals surface area contributed by atoms with Crippen LogP contribution in [0, 0.1) is 6.92 Å². The van der Waals surface area contributed by atoms with Crippen LogP contribution in [0.25, 0.3) is 10.1 Å². The van der Waals surface area contributed by atoms with Gasteiger partial charge in [-0.3, -0.25) is 0 Å². The standard InChI is InChI=1S/C13H14F3S.BrH/c1-3-4-11-8-10-7-9(2)5-6-12(10)17(11)13(14,15)16;/h5-8H,3-4H2,1-2H3;1H/q+1;/p-1. The average Bonchev–Trinajstić information content (AvgIpc) is 2.54. The molecule has 1 aromatic carbocycles. The molecule has 1 atom stereocenters. The highest BCUT2D eigenvalue weighted by atomic mass is 79.9. The van der Waals surface area contributed by atoms with Gasteiger partial charge in [0.2, 0.25) is 0 Å². The van der Waals surface area contributed by atoms with E-state index < -0.39 is 16.0 Å². The molecule has 0 aliphatic rings. The molecule has 0 fully saturated rings. The van der Waals surface area contributed by atoms with Gasteiger partial charge in [-0.1, -0.05) is 18.6 Å². The van der Waals surface area contributed by atoms with Gasteiger partial charge in [-0.05, 0) is 25.5 Å². The van der Waals surface area contributed by atoms with Crippen molar-refractivity contribution in [3.63, 3.8) is 0 Å². The Hall–Kier alpha value is -0.550. The van der Waals surface area contributed by atoms with Crippen LogP contribution in [0.5, 0.6) is 0 Å². The van der Waals surface area contributed by atoms with Crippen LogP contribution in [0.2, 0.25) is 0 Å². The van der Waals surface area contributed by atoms with Gasteiger partial charge in [-0.25, -0.2) is 0 Å². The van der Waals surface area contributed by atoms with Crippen LogP contribution in [0.3, 0.4) is 0 Å². The lowest BCUT2D eigenvalue weighted by molar-refractivity contribution is -0.0867. The SMILES string of the molecule is CCCc1cc2cc(C)ccc2[s+]1C(F)(F)F.[Br-]. The third-order valence-corrected chi connectivity index (χ3v) is 4.81. The topological polar surface area (TPSA) is 0 Å². The second kappa shape index (κ2) is 5.61. The summed E-state index contributed by atoms with van der Waals surface area (Å²) in [6, 6.07) is 6.94. The molecule has 0 N–H and O–H groups in total. The number of aryl methyl sites for hydroxylation is 2. The maximum Gasteiger partial charge on any atom is 0.600 e. The quantitative estimate of drug-likeness (QED) is 0.737. The summed E-state index contributed by atoms with van der Waals surface area (Å²) in [6.07, 6.45) is 1.27. The summed E-state index contributed by atoms with van der Waals surface area (Å²) in [6.45, 7) is 3.81. The van der Waals surface area contributed by atoms with Crippen molar-refractivity contribution >= 4 is 20.6 Å². The molecule has 0 spiro atoms. The predicted octanol–water partition coefficient (Wildman–Crippen LogP) is 2.33. The molecule has 1 unspecified atom stereocenters. The average molecular weight is 339 g/mol. The Morgan fingerprint density at radius 3 is 2.39 bits per heavy atom. The van der Waals surface area contributed by atoms with E-state index in [9.17, 15) is 13.2 Å². The summed E-state index contributed by atoms with van der Waals surface area (Å²) in [7, 11) is -1.70. The van der Waals surface area contributed by atoms with E-state index in [4.69, 9.17) is 0 Å². The van der Waals surface area contributed by atoms with Gasteiger partial charge in [0.05, 0.1) is 10.5 Å². The van der Waals surface area contributed by atoms with Crippen molar-refractivity contribution in [3.8, 4) is 0 Å². The van der Waals surface area contributed by atoms with Crippen molar-refractivity contribution in [2.24, 2.45) is 0 Å². The molecule has 0 bridgehead atoms. The molecule has 0 aliphatic carbocycles. The van der Waals surface area contributed by atoms with Crippen molar-refractivity contribution in [1.29, 1.82) is 0 Å². The Labute approximate surface area is 118 Å². The maximum atomic E-state index is 13.1. The molecule has 0 saturated carbocycles. The van der Waals surface area contributed by atoms with Crippen molar-refractivity contribution in [1.82, 2.24) is 0 Å². The fraction of sp³-hybridized carbons (Fsp3) is 0.385. The minimum atomic E-state index is -4.15. The van der Waals surface area contributed by atoms with Crippen molar-refractivity contribution in [3.05, 3.63) is 34.7 Å². The van der Waals surface area contributed by atoms with Crippen LogP contribution >= 0.6 is 10.5 Å². The number of hydrogen-bond donors (Lipinski definition) is 0. The highest BCUT2D eigenvalue weighted by Crippen LogP contribution is 2.51. The van der Waals surface area contributed by atoms with Crippen LogP contribution in [0.15, 0.2) is 24.3 Å². The van der Waals surface area contributed by atoms with Gasteiger partial charge >= 0.3 is 5.51 Å². The van der Waals surface area contributed by atoms with E-state index in [-0.39, 0.29) is 17.0 Å². The minimum Gasteiger partial charge on any atom is -1.00 e. The molecule has 2 aromatic rings. The molecule has 0 nitrogen and oxygen atoms in total. The molecular formula is C13H14BrF3S. The molecule has 2 rings (SSSR count). The molecule has 100 valence electrons. The molecule has 0 aliphatic heterocycles. The third kappa shape index (κ3) is 2.88. The largest absolute Gasteiger partial charge is 1.00 e. The lowest BCUT2D eigenvalue weighted by Crippen LogP contribution is -3.00. The lowest BCUT2D eigenvalue weighted by Gasteiger charge is -1.99. The van der Waals surface area contributed by atoms with Gasteiger partial charge in [0.15, 0.2) is 9.58 Å². The van der Waals surface area contributed by atoms with Gasteiger partial charge in [0, 0.05) is 17.9 Å². The van der Waals surface area contributed by atoms with Gasteiger partial charge in [-0.15, -0.1) is 13.2 Å². The number of rotatable bonds is 2. The van der Waals surface area contributed by atoms with E-state index in [1.54, 1.807) is 18.2 Å². The highest BCUT2D eigenvalue weighted by molar-refractivity contribution is 7.38. The van der Waals surface area contributed by atoms with E-state index in [0.717, 1.165) is 17.4 Å². The van der Waals surface area contributed by atoms with Crippen LogP contribution in [0.4, 0.5) is 13.2 Å². The van der Waals surface area contributed by atoms with E-state index in [2.05, 4.69) is 0 Å². The first-order chi connectivity index (χ1) is 7.93. The Bertz CT molecular complexity index is 543. The summed E-state index contributed by atoms with van der Waals surface area (Å²) in [4.78, 5) is 0.528. The van der Waals surface area contributed by atoms with Gasteiger partial charge in [0.25, 0.3) is 0 Å². The molecule has 0 saturated heterocycles. The number of hydrogen-bond acceptors (Lipinski definition) is 0. The second-order valence-electron chi connectivity index (χ2n) is 4.15. The Balaban J connectivity index is 0.00000162. The van der Waals surface area contributed by atoms with Crippen LogP contribution in [-0.2, 0) is 11.9 Å². The van der Waals surface area contributed by atoms with Gasteiger partial charge in [-0.2, -0.15) is 0 Å². The molecular weight excluding hydrogens is 325 g/mol. The Morgan fingerprint density at radius 1 is 1.17 bits per heavy atom. The zero-order chi connectivity index (χ0) is 12.6. The van der Waals surface area contributed by atoms with E-state index in [1.807, 2.05) is 19.9 Å².